The minimum atomic E-state index is -0.774. The lowest BCUT2D eigenvalue weighted by atomic mass is 9.35. The van der Waals surface area contributed by atoms with Crippen molar-refractivity contribution in [2.75, 3.05) is 19.7 Å². The summed E-state index contributed by atoms with van der Waals surface area (Å²) in [7, 11) is 0. The van der Waals surface area contributed by atoms with Crippen LogP contribution in [0.15, 0.2) is 0 Å². The molecule has 0 aromatic rings. The second-order valence-electron chi connectivity index (χ2n) is 14.6. The molecule has 5 heteroatoms. The van der Waals surface area contributed by atoms with Gasteiger partial charge in [-0.3, -0.25) is 0 Å². The first-order chi connectivity index (χ1) is 16.3. The fraction of sp³-hybridized carbons (Fsp3) is 1.00. The van der Waals surface area contributed by atoms with E-state index < -0.39 is 5.60 Å². The molecule has 5 N–H and O–H groups in total. The van der Waals surface area contributed by atoms with Crippen LogP contribution >= 0.6 is 0 Å². The Morgan fingerprint density at radius 3 is 2.20 bits per heavy atom. The third-order valence-corrected chi connectivity index (χ3v) is 12.7. The van der Waals surface area contributed by atoms with E-state index in [2.05, 4.69) is 39.9 Å². The summed E-state index contributed by atoms with van der Waals surface area (Å²) in [5, 5.41) is 46.7. The van der Waals surface area contributed by atoms with Gasteiger partial charge in [0.25, 0.3) is 0 Å². The van der Waals surface area contributed by atoms with Crippen LogP contribution in [-0.2, 0) is 0 Å². The molecular formula is C30H55NO4. The monoisotopic (exact) mass is 493 g/mol. The summed E-state index contributed by atoms with van der Waals surface area (Å²) in [6, 6.07) is 0. The minimum Gasteiger partial charge on any atom is -0.396 e. The molecule has 0 aliphatic heterocycles. The summed E-state index contributed by atoms with van der Waals surface area (Å²) in [6.45, 7) is 15.9. The minimum absolute atomic E-state index is 0.0253. The molecule has 10 atom stereocenters. The third-order valence-electron chi connectivity index (χ3n) is 12.7. The van der Waals surface area contributed by atoms with Crippen molar-refractivity contribution in [1.82, 2.24) is 5.32 Å². The first-order valence-electron chi connectivity index (χ1n) is 14.7. The quantitative estimate of drug-likeness (QED) is 0.321. The number of hydrogen-bond acceptors (Lipinski definition) is 5. The first-order valence-corrected chi connectivity index (χ1v) is 14.7. The third kappa shape index (κ3) is 4.24. The maximum atomic E-state index is 11.8. The van der Waals surface area contributed by atoms with Crippen LogP contribution in [0.2, 0.25) is 0 Å². The molecule has 0 heterocycles. The molecule has 35 heavy (non-hydrogen) atoms. The van der Waals surface area contributed by atoms with Crippen molar-refractivity contribution >= 4 is 0 Å². The highest BCUT2D eigenvalue weighted by molar-refractivity contribution is 5.19. The largest absolute Gasteiger partial charge is 0.396 e. The molecule has 4 aliphatic carbocycles. The lowest BCUT2D eigenvalue weighted by Crippen LogP contribution is -2.66. The second-order valence-corrected chi connectivity index (χ2v) is 14.6. The Morgan fingerprint density at radius 2 is 1.51 bits per heavy atom. The fourth-order valence-electron chi connectivity index (χ4n) is 10.5. The van der Waals surface area contributed by atoms with Crippen LogP contribution < -0.4 is 5.32 Å². The van der Waals surface area contributed by atoms with Crippen molar-refractivity contribution in [3.05, 3.63) is 0 Å². The summed E-state index contributed by atoms with van der Waals surface area (Å²) in [5.41, 5.74) is -0.534. The van der Waals surface area contributed by atoms with Crippen LogP contribution in [0.25, 0.3) is 0 Å². The van der Waals surface area contributed by atoms with E-state index in [9.17, 15) is 15.3 Å². The van der Waals surface area contributed by atoms with Crippen molar-refractivity contribution in [3.63, 3.8) is 0 Å². The van der Waals surface area contributed by atoms with Crippen LogP contribution in [-0.4, -0.2) is 57.9 Å². The van der Waals surface area contributed by atoms with Gasteiger partial charge in [0.2, 0.25) is 0 Å². The van der Waals surface area contributed by atoms with Crippen LogP contribution in [0.4, 0.5) is 0 Å². The van der Waals surface area contributed by atoms with Crippen molar-refractivity contribution in [3.8, 4) is 0 Å². The molecule has 4 fully saturated rings. The van der Waals surface area contributed by atoms with Crippen molar-refractivity contribution < 1.29 is 20.4 Å². The summed E-state index contributed by atoms with van der Waals surface area (Å²) in [5.74, 6) is 1.22. The maximum Gasteiger partial charge on any atom is 0.0652 e. The van der Waals surface area contributed by atoms with Gasteiger partial charge in [0.15, 0.2) is 0 Å². The first kappa shape index (κ1) is 27.8. The molecular weight excluding hydrogens is 438 g/mol. The van der Waals surface area contributed by atoms with Crippen molar-refractivity contribution in [2.24, 2.45) is 45.3 Å². The van der Waals surface area contributed by atoms with E-state index in [0.29, 0.717) is 11.8 Å². The van der Waals surface area contributed by atoms with Gasteiger partial charge < -0.3 is 25.7 Å². The van der Waals surface area contributed by atoms with Crippen LogP contribution in [0, 0.1) is 45.3 Å². The molecule has 0 bridgehead atoms. The SMILES string of the molecule is CC1(C)C2CC[C@]3(C)C(C[C@@H](O)C4[C@@H]([C@@](C)(O)CCCNCCCO)CC[C@]43C)[C@@]2(C)CC[C@@H]1O. The van der Waals surface area contributed by atoms with E-state index >= 15 is 0 Å². The Kier molecular flexibility index (Phi) is 7.57. The Morgan fingerprint density at radius 1 is 0.857 bits per heavy atom. The summed E-state index contributed by atoms with van der Waals surface area (Å²) in [6.07, 6.45) is 8.99. The highest BCUT2D eigenvalue weighted by atomic mass is 16.3. The fourth-order valence-corrected chi connectivity index (χ4v) is 10.5. The molecule has 0 amide bonds. The molecule has 0 radical (unpaired) electrons. The number of rotatable bonds is 8. The number of aliphatic hydroxyl groups excluding tert-OH is 3. The Balaban J connectivity index is 1.55. The van der Waals surface area contributed by atoms with Gasteiger partial charge in [-0.15, -0.1) is 0 Å². The zero-order valence-electron chi connectivity index (χ0n) is 23.4. The van der Waals surface area contributed by atoms with E-state index in [1.165, 1.54) is 0 Å². The van der Waals surface area contributed by atoms with Gasteiger partial charge in [0, 0.05) is 6.61 Å². The molecule has 204 valence electrons. The zero-order chi connectivity index (χ0) is 25.9. The van der Waals surface area contributed by atoms with E-state index in [-0.39, 0.29) is 52.3 Å². The normalized spacial score (nSPS) is 48.5. The smallest absolute Gasteiger partial charge is 0.0652 e. The molecule has 0 saturated heterocycles. The van der Waals surface area contributed by atoms with Gasteiger partial charge in [-0.05, 0) is 130 Å². The number of fused-ring (bicyclic) bond motifs is 5. The van der Waals surface area contributed by atoms with Crippen LogP contribution in [0.5, 0.6) is 0 Å². The standard InChI is InChI=1S/C30H55NO4/c1-26(2)22-10-15-28(4)23(27(22,3)13-11-24(26)34)19-21(33)25-20(9-14-29(25,28)5)30(6,35)12-7-16-31-17-8-18-32/h20-25,31-35H,7-19H2,1-6H3/t20-,21+,22?,23?,24-,25?,27-,28+,29+,30-/m0/s1. The molecule has 4 saturated carbocycles. The van der Waals surface area contributed by atoms with E-state index in [1.807, 2.05) is 6.92 Å². The average Bonchev–Trinajstić information content (AvgIpc) is 3.16. The highest BCUT2D eigenvalue weighted by Crippen LogP contribution is 2.75. The molecule has 4 rings (SSSR count). The van der Waals surface area contributed by atoms with Crippen LogP contribution in [0.1, 0.15) is 106 Å². The topological polar surface area (TPSA) is 93.0 Å². The highest BCUT2D eigenvalue weighted by Gasteiger charge is 2.71. The lowest BCUT2D eigenvalue weighted by molar-refractivity contribution is -0.246. The molecule has 4 aliphatic rings. The summed E-state index contributed by atoms with van der Waals surface area (Å²) < 4.78 is 0. The predicted molar refractivity (Wildman–Crippen MR) is 141 cm³/mol. The zero-order valence-corrected chi connectivity index (χ0v) is 23.4. The molecule has 0 aromatic heterocycles. The van der Waals surface area contributed by atoms with Crippen LogP contribution in [0.3, 0.4) is 0 Å². The van der Waals surface area contributed by atoms with Crippen molar-refractivity contribution in [1.29, 1.82) is 0 Å². The van der Waals surface area contributed by atoms with Gasteiger partial charge in [0.05, 0.1) is 17.8 Å². The molecule has 5 nitrogen and oxygen atoms in total. The number of hydrogen-bond donors (Lipinski definition) is 5. The van der Waals surface area contributed by atoms with Gasteiger partial charge in [0.1, 0.15) is 0 Å². The lowest BCUT2D eigenvalue weighted by Gasteiger charge is -2.70. The maximum absolute atomic E-state index is 11.8. The molecule has 3 unspecified atom stereocenters. The summed E-state index contributed by atoms with van der Waals surface area (Å²) >= 11 is 0. The Bertz CT molecular complexity index is 755. The van der Waals surface area contributed by atoms with Gasteiger partial charge in [-0.2, -0.15) is 0 Å². The number of nitrogens with one attached hydrogen (secondary N) is 1. The Hall–Kier alpha value is -0.200. The average molecular weight is 494 g/mol. The molecule has 0 spiro atoms. The van der Waals surface area contributed by atoms with Crippen molar-refractivity contribution in [2.45, 2.75) is 124 Å². The number of aliphatic hydroxyl groups is 4. The second kappa shape index (κ2) is 9.52. The van der Waals surface area contributed by atoms with E-state index in [1.54, 1.807) is 0 Å². The predicted octanol–water partition coefficient (Wildman–Crippen LogP) is 4.51. The molecule has 0 aromatic carbocycles. The van der Waals surface area contributed by atoms with Gasteiger partial charge in [-0.25, -0.2) is 0 Å². The van der Waals surface area contributed by atoms with E-state index in [0.717, 1.165) is 77.3 Å². The Labute approximate surface area is 214 Å². The van der Waals surface area contributed by atoms with E-state index in [4.69, 9.17) is 5.11 Å². The van der Waals surface area contributed by atoms with Gasteiger partial charge in [-0.1, -0.05) is 34.6 Å². The summed E-state index contributed by atoms with van der Waals surface area (Å²) in [4.78, 5) is 0. The van der Waals surface area contributed by atoms with Gasteiger partial charge >= 0.3 is 0 Å².